The zero-order valence-electron chi connectivity index (χ0n) is 10.7. The van der Waals surface area contributed by atoms with Crippen LogP contribution in [0.3, 0.4) is 0 Å². The lowest BCUT2D eigenvalue weighted by molar-refractivity contribution is -0.128. The zero-order chi connectivity index (χ0) is 13.7. The molecule has 6 nitrogen and oxygen atoms in total. The Labute approximate surface area is 106 Å². The van der Waals surface area contributed by atoms with Crippen molar-refractivity contribution in [3.63, 3.8) is 0 Å². The predicted octanol–water partition coefficient (Wildman–Crippen LogP) is -0.586. The van der Waals surface area contributed by atoms with Gasteiger partial charge in [-0.2, -0.15) is 0 Å². The van der Waals surface area contributed by atoms with Gasteiger partial charge in [-0.15, -0.1) is 0 Å². The van der Waals surface area contributed by atoms with Crippen LogP contribution in [-0.4, -0.2) is 47.8 Å². The van der Waals surface area contributed by atoms with Gasteiger partial charge in [0.1, 0.15) is 0 Å². The highest BCUT2D eigenvalue weighted by Crippen LogP contribution is 2.11. The molecule has 3 amide bonds. The molecule has 1 fully saturated rings. The van der Waals surface area contributed by atoms with E-state index >= 15 is 0 Å². The number of hydrogen-bond acceptors (Lipinski definition) is 3. The molecule has 1 heterocycles. The Morgan fingerprint density at radius 3 is 2.28 bits per heavy atom. The molecule has 0 saturated carbocycles. The number of nitrogens with one attached hydrogen (secondary N) is 2. The van der Waals surface area contributed by atoms with Gasteiger partial charge in [-0.1, -0.05) is 13.5 Å². The van der Waals surface area contributed by atoms with Crippen molar-refractivity contribution in [2.24, 2.45) is 0 Å². The van der Waals surface area contributed by atoms with Crippen LogP contribution in [0, 0.1) is 0 Å². The van der Waals surface area contributed by atoms with E-state index in [1.165, 1.54) is 13.0 Å². The summed E-state index contributed by atoms with van der Waals surface area (Å²) in [5.41, 5.74) is 0. The Kier molecular flexibility index (Phi) is 4.88. The molecule has 0 spiro atoms. The number of carbonyl (C=O) groups excluding carboxylic acids is 3. The van der Waals surface area contributed by atoms with Crippen LogP contribution in [0.1, 0.15) is 20.3 Å². The first-order valence-corrected chi connectivity index (χ1v) is 5.95. The predicted molar refractivity (Wildman–Crippen MR) is 66.6 cm³/mol. The number of likely N-dealkylation sites (tertiary alicyclic amines) is 1. The number of amides is 3. The van der Waals surface area contributed by atoms with Gasteiger partial charge in [-0.3, -0.25) is 14.4 Å². The van der Waals surface area contributed by atoms with Gasteiger partial charge in [0.2, 0.25) is 17.7 Å². The van der Waals surface area contributed by atoms with E-state index in [9.17, 15) is 14.4 Å². The summed E-state index contributed by atoms with van der Waals surface area (Å²) in [4.78, 5) is 35.6. The Bertz CT molecular complexity index is 368. The highest BCUT2D eigenvalue weighted by molar-refractivity contribution is 5.87. The van der Waals surface area contributed by atoms with Gasteiger partial charge in [-0.25, -0.2) is 0 Å². The number of carbonyl (C=O) groups is 3. The monoisotopic (exact) mass is 253 g/mol. The summed E-state index contributed by atoms with van der Waals surface area (Å²) < 4.78 is 0. The Morgan fingerprint density at radius 2 is 1.83 bits per heavy atom. The largest absolute Gasteiger partial charge is 0.349 e. The van der Waals surface area contributed by atoms with Gasteiger partial charge in [0.15, 0.2) is 0 Å². The van der Waals surface area contributed by atoms with Crippen LogP contribution in [0.15, 0.2) is 12.7 Å². The summed E-state index contributed by atoms with van der Waals surface area (Å²) >= 11 is 0. The van der Waals surface area contributed by atoms with Crippen molar-refractivity contribution >= 4 is 17.7 Å². The minimum atomic E-state index is -0.304. The van der Waals surface area contributed by atoms with Crippen LogP contribution in [0.5, 0.6) is 0 Å². The van der Waals surface area contributed by atoms with Crippen LogP contribution >= 0.6 is 0 Å². The molecule has 0 bridgehead atoms. The van der Waals surface area contributed by atoms with Crippen molar-refractivity contribution < 1.29 is 14.4 Å². The molecule has 100 valence electrons. The molecular formula is C12H19N3O3. The van der Waals surface area contributed by atoms with Crippen LogP contribution in [-0.2, 0) is 14.4 Å². The van der Waals surface area contributed by atoms with E-state index in [1.807, 2.05) is 0 Å². The smallest absolute Gasteiger partial charge is 0.243 e. The third kappa shape index (κ3) is 3.58. The maximum Gasteiger partial charge on any atom is 0.243 e. The second-order valence-electron chi connectivity index (χ2n) is 4.27. The van der Waals surface area contributed by atoms with Gasteiger partial charge in [0.05, 0.1) is 12.1 Å². The van der Waals surface area contributed by atoms with Gasteiger partial charge < -0.3 is 15.5 Å². The SMILES string of the molecule is C=CC(=O)NC1CN(C(C)=O)CC1NC(=O)CC. The van der Waals surface area contributed by atoms with E-state index in [0.717, 1.165) is 0 Å². The van der Waals surface area contributed by atoms with Crippen molar-refractivity contribution in [1.82, 2.24) is 15.5 Å². The van der Waals surface area contributed by atoms with Crippen LogP contribution in [0.4, 0.5) is 0 Å². The molecule has 0 aromatic carbocycles. The van der Waals surface area contributed by atoms with Crippen LogP contribution in [0.25, 0.3) is 0 Å². The third-order valence-electron chi connectivity index (χ3n) is 2.95. The molecule has 0 radical (unpaired) electrons. The van der Waals surface area contributed by atoms with Crippen molar-refractivity contribution in [3.05, 3.63) is 12.7 Å². The average Bonchev–Trinajstić information content (AvgIpc) is 2.72. The van der Waals surface area contributed by atoms with Gasteiger partial charge in [0, 0.05) is 26.4 Å². The highest BCUT2D eigenvalue weighted by Gasteiger charge is 2.35. The first kappa shape index (κ1) is 14.2. The molecule has 2 unspecified atom stereocenters. The summed E-state index contributed by atoms with van der Waals surface area (Å²) in [5.74, 6) is -0.467. The summed E-state index contributed by atoms with van der Waals surface area (Å²) in [6, 6.07) is -0.514. The van der Waals surface area contributed by atoms with Crippen molar-refractivity contribution in [1.29, 1.82) is 0 Å². The summed E-state index contributed by atoms with van der Waals surface area (Å²) in [5, 5.41) is 5.54. The Balaban J connectivity index is 2.69. The van der Waals surface area contributed by atoms with Crippen molar-refractivity contribution in [2.75, 3.05) is 13.1 Å². The lowest BCUT2D eigenvalue weighted by Crippen LogP contribution is -2.50. The summed E-state index contributed by atoms with van der Waals surface area (Å²) in [6.45, 7) is 7.43. The van der Waals surface area contributed by atoms with E-state index in [4.69, 9.17) is 0 Å². The van der Waals surface area contributed by atoms with Crippen LogP contribution < -0.4 is 10.6 Å². The fraction of sp³-hybridized carbons (Fsp3) is 0.583. The molecule has 0 aliphatic carbocycles. The van der Waals surface area contributed by atoms with E-state index in [-0.39, 0.29) is 29.8 Å². The van der Waals surface area contributed by atoms with Crippen LogP contribution in [0.2, 0.25) is 0 Å². The number of hydrogen-bond donors (Lipinski definition) is 2. The zero-order valence-corrected chi connectivity index (χ0v) is 10.7. The summed E-state index contributed by atoms with van der Waals surface area (Å²) in [6.07, 6.45) is 1.55. The Morgan fingerprint density at radius 1 is 1.28 bits per heavy atom. The van der Waals surface area contributed by atoms with Crippen molar-refractivity contribution in [2.45, 2.75) is 32.4 Å². The molecule has 1 rings (SSSR count). The molecule has 2 atom stereocenters. The fourth-order valence-corrected chi connectivity index (χ4v) is 1.90. The Hall–Kier alpha value is -1.85. The first-order valence-electron chi connectivity index (χ1n) is 5.95. The van der Waals surface area contributed by atoms with Gasteiger partial charge in [-0.05, 0) is 6.08 Å². The maximum atomic E-state index is 11.4. The minimum absolute atomic E-state index is 0.0684. The molecule has 0 aromatic heterocycles. The lowest BCUT2D eigenvalue weighted by Gasteiger charge is -2.19. The lowest BCUT2D eigenvalue weighted by atomic mass is 10.1. The quantitative estimate of drug-likeness (QED) is 0.658. The van der Waals surface area contributed by atoms with E-state index in [2.05, 4.69) is 17.2 Å². The third-order valence-corrected chi connectivity index (χ3v) is 2.95. The fourth-order valence-electron chi connectivity index (χ4n) is 1.90. The second-order valence-corrected chi connectivity index (χ2v) is 4.27. The standard InChI is InChI=1S/C12H19N3O3/c1-4-11(17)13-9-6-15(8(3)16)7-10(9)14-12(18)5-2/h4,9-10H,1,5-7H2,2-3H3,(H,13,17)(H,14,18). The molecule has 1 aliphatic heterocycles. The molecule has 2 N–H and O–H groups in total. The molecule has 1 aliphatic rings. The average molecular weight is 253 g/mol. The molecule has 1 saturated heterocycles. The topological polar surface area (TPSA) is 78.5 Å². The molecule has 18 heavy (non-hydrogen) atoms. The highest BCUT2D eigenvalue weighted by atomic mass is 16.2. The van der Waals surface area contributed by atoms with Crippen molar-refractivity contribution in [3.8, 4) is 0 Å². The second kappa shape index (κ2) is 6.18. The van der Waals surface area contributed by atoms with Gasteiger partial charge in [0.25, 0.3) is 0 Å². The molecule has 6 heteroatoms. The molecule has 0 aromatic rings. The first-order chi connectivity index (χ1) is 8.47. The number of rotatable bonds is 4. The minimum Gasteiger partial charge on any atom is -0.349 e. The van der Waals surface area contributed by atoms with E-state index in [0.29, 0.717) is 19.5 Å². The normalized spacial score (nSPS) is 22.4. The number of nitrogens with zero attached hydrogens (tertiary/aromatic N) is 1. The maximum absolute atomic E-state index is 11.4. The summed E-state index contributed by atoms with van der Waals surface area (Å²) in [7, 11) is 0. The van der Waals surface area contributed by atoms with Gasteiger partial charge >= 0.3 is 0 Å². The van der Waals surface area contributed by atoms with E-state index < -0.39 is 0 Å². The van der Waals surface area contributed by atoms with E-state index in [1.54, 1.807) is 11.8 Å². The molecular weight excluding hydrogens is 234 g/mol.